The predicted molar refractivity (Wildman–Crippen MR) is 113 cm³/mol. The highest BCUT2D eigenvalue weighted by Crippen LogP contribution is 2.20. The number of hydrogen-bond acceptors (Lipinski definition) is 8. The summed E-state index contributed by atoms with van der Waals surface area (Å²) in [6.07, 6.45) is 0. The van der Waals surface area contributed by atoms with Crippen LogP contribution in [-0.2, 0) is 9.53 Å². The third kappa shape index (κ3) is 6.56. The van der Waals surface area contributed by atoms with Crippen LogP contribution >= 0.6 is 0 Å². The number of nitro benzene ring substituents is 1. The van der Waals surface area contributed by atoms with E-state index in [1.165, 1.54) is 36.4 Å². The van der Waals surface area contributed by atoms with Crippen molar-refractivity contribution in [3.05, 3.63) is 94.5 Å². The molecule has 9 heteroatoms. The summed E-state index contributed by atoms with van der Waals surface area (Å²) < 4.78 is 21.1. The summed E-state index contributed by atoms with van der Waals surface area (Å²) in [5, 5.41) is 10.7. The Bertz CT molecular complexity index is 1070. The molecule has 164 valence electrons. The number of carbonyl (C=O) groups excluding carboxylic acids is 2. The van der Waals surface area contributed by atoms with Crippen LogP contribution < -0.4 is 14.2 Å². The van der Waals surface area contributed by atoms with Crippen molar-refractivity contribution in [1.29, 1.82) is 0 Å². The van der Waals surface area contributed by atoms with E-state index in [0.717, 1.165) is 0 Å². The zero-order chi connectivity index (χ0) is 22.8. The maximum absolute atomic E-state index is 12.4. The molecule has 0 unspecified atom stereocenters. The molecule has 0 aliphatic heterocycles. The van der Waals surface area contributed by atoms with E-state index in [-0.39, 0.29) is 36.0 Å². The molecule has 0 N–H and O–H groups in total. The van der Waals surface area contributed by atoms with Gasteiger partial charge in [0.05, 0.1) is 4.92 Å². The Labute approximate surface area is 183 Å². The normalized spacial score (nSPS) is 10.1. The first kappa shape index (κ1) is 22.3. The average Bonchev–Trinajstić information content (AvgIpc) is 2.81. The van der Waals surface area contributed by atoms with Gasteiger partial charge in [-0.1, -0.05) is 30.3 Å². The quantitative estimate of drug-likeness (QED) is 0.155. The van der Waals surface area contributed by atoms with Crippen molar-refractivity contribution in [3.63, 3.8) is 0 Å². The molecule has 0 radical (unpaired) electrons. The molecule has 0 aromatic heterocycles. The fourth-order valence-corrected chi connectivity index (χ4v) is 2.57. The van der Waals surface area contributed by atoms with Crippen molar-refractivity contribution in [2.75, 3.05) is 19.8 Å². The van der Waals surface area contributed by atoms with E-state index in [2.05, 4.69) is 0 Å². The zero-order valence-electron chi connectivity index (χ0n) is 16.8. The van der Waals surface area contributed by atoms with Crippen LogP contribution in [0.1, 0.15) is 10.4 Å². The average molecular weight is 437 g/mol. The number of rotatable bonds is 10. The number of carbonyl (C=O) groups is 2. The topological polar surface area (TPSA) is 114 Å². The number of ether oxygens (including phenoxy) is 4. The van der Waals surface area contributed by atoms with E-state index in [1.54, 1.807) is 24.3 Å². The van der Waals surface area contributed by atoms with Crippen LogP contribution in [0.25, 0.3) is 0 Å². The van der Waals surface area contributed by atoms with Crippen molar-refractivity contribution < 1.29 is 33.5 Å². The Morgan fingerprint density at radius 1 is 0.781 bits per heavy atom. The van der Waals surface area contributed by atoms with Gasteiger partial charge in [-0.05, 0) is 36.4 Å². The number of non-ortho nitro benzene ring substituents is 1. The summed E-state index contributed by atoms with van der Waals surface area (Å²) in [5.74, 6) is -0.472. The van der Waals surface area contributed by atoms with E-state index in [1.807, 2.05) is 18.2 Å². The highest BCUT2D eigenvalue weighted by Gasteiger charge is 2.17. The molecule has 0 atom stereocenters. The van der Waals surface area contributed by atoms with Gasteiger partial charge in [0, 0.05) is 12.1 Å². The number of nitro groups is 1. The lowest BCUT2D eigenvalue weighted by molar-refractivity contribution is -0.384. The van der Waals surface area contributed by atoms with Crippen LogP contribution in [0, 0.1) is 10.1 Å². The van der Waals surface area contributed by atoms with E-state index < -0.39 is 23.5 Å². The smallest absolute Gasteiger partial charge is 0.349 e. The van der Waals surface area contributed by atoms with Crippen LogP contribution in [0.4, 0.5) is 5.69 Å². The molecule has 3 aromatic carbocycles. The standard InChI is InChI=1S/C23H19NO8/c25-22(16-31-19-12-10-17(11-13-19)24(27)28)32-21-9-5-4-8-20(21)23(26)30-15-14-29-18-6-2-1-3-7-18/h1-13H,14-16H2. The predicted octanol–water partition coefficient (Wildman–Crippen LogP) is 3.82. The molecule has 0 bridgehead atoms. The molecule has 0 amide bonds. The fourth-order valence-electron chi connectivity index (χ4n) is 2.57. The molecule has 0 saturated heterocycles. The third-order valence-corrected chi connectivity index (χ3v) is 4.06. The van der Waals surface area contributed by atoms with Crippen LogP contribution in [-0.4, -0.2) is 36.7 Å². The molecule has 0 spiro atoms. The Morgan fingerprint density at radius 3 is 2.16 bits per heavy atom. The second kappa shape index (κ2) is 11.1. The summed E-state index contributed by atoms with van der Waals surface area (Å²) in [4.78, 5) is 34.6. The van der Waals surface area contributed by atoms with Crippen LogP contribution in [0.2, 0.25) is 0 Å². The van der Waals surface area contributed by atoms with Gasteiger partial charge >= 0.3 is 11.9 Å². The minimum absolute atomic E-state index is 0.0132. The molecule has 0 aliphatic rings. The molecular weight excluding hydrogens is 418 g/mol. The lowest BCUT2D eigenvalue weighted by Crippen LogP contribution is -2.20. The number of hydrogen-bond donors (Lipinski definition) is 0. The molecule has 9 nitrogen and oxygen atoms in total. The molecule has 0 heterocycles. The SMILES string of the molecule is O=C(COc1ccc([N+](=O)[O-])cc1)Oc1ccccc1C(=O)OCCOc1ccccc1. The van der Waals surface area contributed by atoms with Crippen molar-refractivity contribution in [2.45, 2.75) is 0 Å². The fraction of sp³-hybridized carbons (Fsp3) is 0.130. The first-order valence-electron chi connectivity index (χ1n) is 9.55. The zero-order valence-corrected chi connectivity index (χ0v) is 16.8. The summed E-state index contributed by atoms with van der Waals surface area (Å²) >= 11 is 0. The second-order valence-corrected chi connectivity index (χ2v) is 6.31. The minimum atomic E-state index is -0.754. The van der Waals surface area contributed by atoms with Gasteiger partial charge in [0.2, 0.25) is 0 Å². The van der Waals surface area contributed by atoms with E-state index in [4.69, 9.17) is 18.9 Å². The molecule has 3 aromatic rings. The van der Waals surface area contributed by atoms with Crippen molar-refractivity contribution >= 4 is 17.6 Å². The van der Waals surface area contributed by atoms with Gasteiger partial charge in [0.25, 0.3) is 5.69 Å². The first-order chi connectivity index (χ1) is 15.5. The number of para-hydroxylation sites is 2. The summed E-state index contributed by atoms with van der Waals surface area (Å²) in [6.45, 7) is -0.272. The molecule has 0 fully saturated rings. The first-order valence-corrected chi connectivity index (χ1v) is 9.55. The van der Waals surface area contributed by atoms with Crippen molar-refractivity contribution in [3.8, 4) is 17.2 Å². The molecular formula is C23H19NO8. The van der Waals surface area contributed by atoms with Gasteiger partial charge in [-0.15, -0.1) is 0 Å². The molecule has 3 rings (SSSR count). The summed E-state index contributed by atoms with van der Waals surface area (Å²) in [7, 11) is 0. The third-order valence-electron chi connectivity index (χ3n) is 4.06. The number of nitrogens with zero attached hydrogens (tertiary/aromatic N) is 1. The van der Waals surface area contributed by atoms with Gasteiger partial charge in [-0.25, -0.2) is 9.59 Å². The van der Waals surface area contributed by atoms with Gasteiger partial charge in [-0.3, -0.25) is 10.1 Å². The Balaban J connectivity index is 1.49. The van der Waals surface area contributed by atoms with Crippen LogP contribution in [0.15, 0.2) is 78.9 Å². The van der Waals surface area contributed by atoms with E-state index in [9.17, 15) is 19.7 Å². The van der Waals surface area contributed by atoms with E-state index in [0.29, 0.717) is 5.75 Å². The molecule has 0 saturated carbocycles. The Morgan fingerprint density at radius 2 is 1.44 bits per heavy atom. The lowest BCUT2D eigenvalue weighted by Gasteiger charge is -2.11. The van der Waals surface area contributed by atoms with Crippen molar-refractivity contribution in [2.24, 2.45) is 0 Å². The Kier molecular flexibility index (Phi) is 7.74. The second-order valence-electron chi connectivity index (χ2n) is 6.31. The van der Waals surface area contributed by atoms with Gasteiger partial charge in [0.15, 0.2) is 6.61 Å². The highest BCUT2D eigenvalue weighted by atomic mass is 16.6. The van der Waals surface area contributed by atoms with Gasteiger partial charge < -0.3 is 18.9 Å². The van der Waals surface area contributed by atoms with E-state index >= 15 is 0 Å². The largest absolute Gasteiger partial charge is 0.490 e. The molecule has 32 heavy (non-hydrogen) atoms. The number of esters is 2. The maximum Gasteiger partial charge on any atom is 0.349 e. The maximum atomic E-state index is 12.4. The van der Waals surface area contributed by atoms with Crippen LogP contribution in [0.3, 0.4) is 0 Å². The minimum Gasteiger partial charge on any atom is -0.490 e. The van der Waals surface area contributed by atoms with Gasteiger partial charge in [-0.2, -0.15) is 0 Å². The summed E-state index contributed by atoms with van der Waals surface area (Å²) in [6, 6.07) is 20.5. The Hall–Kier alpha value is -4.40. The summed E-state index contributed by atoms with van der Waals surface area (Å²) in [5.41, 5.74) is -0.0163. The van der Waals surface area contributed by atoms with Crippen LogP contribution in [0.5, 0.6) is 17.2 Å². The molecule has 0 aliphatic carbocycles. The number of benzene rings is 3. The van der Waals surface area contributed by atoms with Crippen molar-refractivity contribution in [1.82, 2.24) is 0 Å². The monoisotopic (exact) mass is 437 g/mol. The highest BCUT2D eigenvalue weighted by molar-refractivity contribution is 5.93. The lowest BCUT2D eigenvalue weighted by atomic mass is 10.2. The van der Waals surface area contributed by atoms with Gasteiger partial charge in [0.1, 0.15) is 36.0 Å².